The fourth-order valence-electron chi connectivity index (χ4n) is 8.71. The van der Waals surface area contributed by atoms with Crippen LogP contribution in [0.15, 0.2) is 73.3 Å². The lowest BCUT2D eigenvalue weighted by atomic mass is 9.84. The highest BCUT2D eigenvalue weighted by molar-refractivity contribution is 6.02. The Bertz CT molecular complexity index is 2830. The van der Waals surface area contributed by atoms with Gasteiger partial charge in [0.05, 0.1) is 38.0 Å². The Morgan fingerprint density at radius 1 is 0.735 bits per heavy atom. The molecule has 17 heteroatoms. The summed E-state index contributed by atoms with van der Waals surface area (Å²) in [4.78, 5) is 48.5. The molecule has 0 bridgehead atoms. The number of ketones is 1. The SMILES string of the molecule is COc1cc(-c2cnc3cc(C(C)(C)C=O)ccn23)cc(OC(F)F)c1C(=O)CC1CC1.COc1cc(-c2cnc3cc(C(C)(C)CN4CCCC4)ccn23)cc(OC(F)F)c1C(=O)NC1CC1. The Kier molecular flexibility index (Phi) is 13.8. The first-order chi connectivity index (χ1) is 32.5. The summed E-state index contributed by atoms with van der Waals surface area (Å²) in [5.74, 6) is -0.568. The van der Waals surface area contributed by atoms with E-state index in [-0.39, 0.29) is 63.7 Å². The number of hydrogen-bond donors (Lipinski definition) is 1. The van der Waals surface area contributed by atoms with Crippen LogP contribution in [0.2, 0.25) is 0 Å². The van der Waals surface area contributed by atoms with E-state index in [0.717, 1.165) is 62.8 Å². The van der Waals surface area contributed by atoms with Gasteiger partial charge in [-0.1, -0.05) is 13.8 Å². The topological polar surface area (TPSA) is 138 Å². The first kappa shape index (κ1) is 48.0. The molecule has 3 fully saturated rings. The number of aldehydes is 1. The van der Waals surface area contributed by atoms with Gasteiger partial charge in [0.15, 0.2) is 5.78 Å². The van der Waals surface area contributed by atoms with E-state index in [1.165, 1.54) is 44.8 Å². The fraction of sp³-hybridized carbons (Fsp3) is 0.431. The minimum atomic E-state index is -3.09. The average Bonchev–Trinajstić information content (AvgIpc) is 4.14. The van der Waals surface area contributed by atoms with Gasteiger partial charge in [-0.3, -0.25) is 18.4 Å². The second kappa shape index (κ2) is 19.6. The van der Waals surface area contributed by atoms with Gasteiger partial charge in [0, 0.05) is 53.4 Å². The summed E-state index contributed by atoms with van der Waals surface area (Å²) in [6.07, 6.45) is 14.3. The molecule has 360 valence electrons. The highest BCUT2D eigenvalue weighted by Crippen LogP contribution is 2.41. The van der Waals surface area contributed by atoms with E-state index in [1.54, 1.807) is 41.2 Å². The highest BCUT2D eigenvalue weighted by atomic mass is 19.3. The van der Waals surface area contributed by atoms with Crippen LogP contribution in [0.1, 0.15) is 104 Å². The summed E-state index contributed by atoms with van der Waals surface area (Å²) in [5, 5.41) is 2.82. The van der Waals surface area contributed by atoms with Crippen LogP contribution >= 0.6 is 0 Å². The third kappa shape index (κ3) is 10.6. The normalized spacial score (nSPS) is 15.4. The number of pyridine rings is 2. The zero-order valence-electron chi connectivity index (χ0n) is 39.0. The van der Waals surface area contributed by atoms with E-state index in [2.05, 4.69) is 46.2 Å². The molecule has 2 saturated carbocycles. The number of alkyl halides is 4. The number of nitrogens with zero attached hydrogens (tertiary/aromatic N) is 5. The van der Waals surface area contributed by atoms with Crippen molar-refractivity contribution in [3.63, 3.8) is 0 Å². The van der Waals surface area contributed by atoms with Crippen molar-refractivity contribution in [3.8, 4) is 45.5 Å². The minimum absolute atomic E-state index is 0.0341. The largest absolute Gasteiger partial charge is 0.496 e. The van der Waals surface area contributed by atoms with Crippen molar-refractivity contribution in [3.05, 3.63) is 95.6 Å². The Hall–Kier alpha value is -6.49. The van der Waals surface area contributed by atoms with Gasteiger partial charge in [-0.2, -0.15) is 17.6 Å². The van der Waals surface area contributed by atoms with Gasteiger partial charge >= 0.3 is 13.2 Å². The molecule has 2 aromatic carbocycles. The molecule has 3 aliphatic rings. The number of benzene rings is 2. The van der Waals surface area contributed by atoms with Gasteiger partial charge in [-0.15, -0.1) is 0 Å². The number of carbonyl (C=O) groups is 3. The van der Waals surface area contributed by atoms with E-state index in [9.17, 15) is 31.9 Å². The Morgan fingerprint density at radius 3 is 1.74 bits per heavy atom. The molecule has 0 spiro atoms. The Balaban J connectivity index is 0.000000185. The second-order valence-electron chi connectivity index (χ2n) is 19.0. The molecule has 0 unspecified atom stereocenters. The maximum Gasteiger partial charge on any atom is 0.387 e. The third-order valence-corrected chi connectivity index (χ3v) is 12.8. The van der Waals surface area contributed by atoms with Gasteiger partial charge in [0.25, 0.3) is 5.91 Å². The monoisotopic (exact) mass is 940 g/mol. The summed E-state index contributed by atoms with van der Waals surface area (Å²) >= 11 is 0. The van der Waals surface area contributed by atoms with Crippen molar-refractivity contribution in [2.45, 2.75) is 103 Å². The van der Waals surface area contributed by atoms with Crippen molar-refractivity contribution in [2.24, 2.45) is 5.92 Å². The highest BCUT2D eigenvalue weighted by Gasteiger charge is 2.32. The van der Waals surface area contributed by atoms with Crippen LogP contribution in [0.5, 0.6) is 23.0 Å². The Labute approximate surface area is 391 Å². The van der Waals surface area contributed by atoms with Crippen LogP contribution in [0.3, 0.4) is 0 Å². The van der Waals surface area contributed by atoms with Crippen molar-refractivity contribution in [2.75, 3.05) is 33.9 Å². The van der Waals surface area contributed by atoms with E-state index in [0.29, 0.717) is 28.2 Å². The molecular weight excluding hydrogens is 885 g/mol. The molecule has 9 rings (SSSR count). The first-order valence-corrected chi connectivity index (χ1v) is 22.8. The summed E-state index contributed by atoms with van der Waals surface area (Å²) in [6, 6.07) is 14.0. The van der Waals surface area contributed by atoms with Crippen LogP contribution in [-0.2, 0) is 15.6 Å². The number of likely N-dealkylation sites (tertiary alicyclic amines) is 1. The van der Waals surface area contributed by atoms with E-state index in [1.807, 2.05) is 30.5 Å². The number of carbonyl (C=O) groups excluding carboxylic acids is 3. The molecule has 5 heterocycles. The Morgan fingerprint density at radius 2 is 1.24 bits per heavy atom. The first-order valence-electron chi connectivity index (χ1n) is 22.8. The number of nitrogens with one attached hydrogen (secondary N) is 1. The third-order valence-electron chi connectivity index (χ3n) is 12.8. The number of fused-ring (bicyclic) bond motifs is 2. The predicted molar refractivity (Wildman–Crippen MR) is 248 cm³/mol. The fourth-order valence-corrected chi connectivity index (χ4v) is 8.71. The molecular formula is C51H56F4N6O7. The molecule has 68 heavy (non-hydrogen) atoms. The molecule has 4 aromatic heterocycles. The summed E-state index contributed by atoms with van der Waals surface area (Å²) in [5.41, 5.74) is 4.98. The van der Waals surface area contributed by atoms with E-state index >= 15 is 0 Å². The molecule has 0 atom stereocenters. The number of ether oxygens (including phenoxy) is 4. The zero-order valence-corrected chi connectivity index (χ0v) is 39.0. The number of imidazole rings is 2. The molecule has 13 nitrogen and oxygen atoms in total. The quantitative estimate of drug-likeness (QED) is 0.0504. The van der Waals surface area contributed by atoms with Crippen LogP contribution in [-0.4, -0.2) is 94.8 Å². The van der Waals surface area contributed by atoms with Crippen LogP contribution < -0.4 is 24.3 Å². The van der Waals surface area contributed by atoms with E-state index < -0.39 is 24.5 Å². The lowest BCUT2D eigenvalue weighted by Crippen LogP contribution is -2.35. The molecule has 0 radical (unpaired) electrons. The van der Waals surface area contributed by atoms with Crippen LogP contribution in [0.4, 0.5) is 17.6 Å². The van der Waals surface area contributed by atoms with Gasteiger partial charge < -0.3 is 34.0 Å². The number of rotatable bonds is 18. The summed E-state index contributed by atoms with van der Waals surface area (Å²) in [6.45, 7) is 5.19. The lowest BCUT2D eigenvalue weighted by molar-refractivity contribution is -0.111. The number of Topliss-reactive ketones (excluding diaryl/α,β-unsaturated/α-hetero) is 1. The number of aromatic nitrogens is 4. The van der Waals surface area contributed by atoms with Crippen molar-refractivity contribution in [1.29, 1.82) is 0 Å². The number of hydrogen-bond acceptors (Lipinski definition) is 10. The smallest absolute Gasteiger partial charge is 0.387 e. The molecule has 1 amide bonds. The van der Waals surface area contributed by atoms with Gasteiger partial charge in [-0.25, -0.2) is 9.97 Å². The second-order valence-corrected chi connectivity index (χ2v) is 19.0. The standard InChI is InChI=1S/C27H32F2N4O3.C24H24F2N2O4/c1-27(2,16-32-9-4-5-10-32)18-8-11-33-20(15-30-23(33)14-18)17-12-21(35-3)24(22(13-17)36-26(28)29)25(34)31-19-6-7-19;1-24(2,13-29)16-6-7-28-17(12-27-21(28)11-16)15-9-19(31-3)22(18(30)8-14-4-5-14)20(10-15)32-23(25)26/h8,11-15,19,26H,4-7,9-10,16H2,1-3H3,(H,31,34);6-7,9-14,23H,4-5,8H2,1-3H3. The number of amides is 1. The zero-order chi connectivity index (χ0) is 48.5. The molecule has 6 aromatic rings. The summed E-state index contributed by atoms with van der Waals surface area (Å²) in [7, 11) is 2.80. The van der Waals surface area contributed by atoms with E-state index in [4.69, 9.17) is 18.9 Å². The molecule has 1 aliphatic heterocycles. The maximum atomic E-state index is 13.3. The summed E-state index contributed by atoms with van der Waals surface area (Å²) < 4.78 is 77.0. The van der Waals surface area contributed by atoms with Crippen LogP contribution in [0.25, 0.3) is 33.8 Å². The minimum Gasteiger partial charge on any atom is -0.496 e. The van der Waals surface area contributed by atoms with Crippen molar-refractivity contribution < 1.29 is 50.9 Å². The van der Waals surface area contributed by atoms with Crippen molar-refractivity contribution >= 4 is 29.3 Å². The number of methoxy groups -OCH3 is 2. The van der Waals surface area contributed by atoms with Gasteiger partial charge in [0.1, 0.15) is 51.7 Å². The lowest BCUT2D eigenvalue weighted by Gasteiger charge is -2.30. The number of halogens is 4. The predicted octanol–water partition coefficient (Wildman–Crippen LogP) is 9.95. The van der Waals surface area contributed by atoms with Crippen molar-refractivity contribution in [1.82, 2.24) is 29.0 Å². The molecule has 1 saturated heterocycles. The van der Waals surface area contributed by atoms with Crippen LogP contribution in [0, 0.1) is 5.92 Å². The van der Waals surface area contributed by atoms with Gasteiger partial charge in [-0.05, 0) is 131 Å². The molecule has 2 aliphatic carbocycles. The maximum absolute atomic E-state index is 13.3. The average molecular weight is 941 g/mol. The van der Waals surface area contributed by atoms with Gasteiger partial charge in [0.2, 0.25) is 0 Å². The molecule has 1 N–H and O–H groups in total.